The molecule has 0 spiro atoms. The van der Waals surface area contributed by atoms with E-state index in [1.807, 2.05) is 0 Å². The monoisotopic (exact) mass is 383 g/mol. The Morgan fingerprint density at radius 3 is 2.46 bits per heavy atom. The Hall–Kier alpha value is -0.960. The van der Waals surface area contributed by atoms with E-state index in [-0.39, 0.29) is 6.10 Å². The molecule has 8 heteroatoms. The van der Waals surface area contributed by atoms with Gasteiger partial charge in [-0.3, -0.25) is 4.37 Å². The van der Waals surface area contributed by atoms with Crippen molar-refractivity contribution in [1.29, 1.82) is 0 Å². The van der Waals surface area contributed by atoms with Gasteiger partial charge in [0.25, 0.3) is 0 Å². The lowest BCUT2D eigenvalue weighted by Crippen LogP contribution is -2.58. The molecule has 1 aromatic heterocycles. The van der Waals surface area contributed by atoms with Crippen molar-refractivity contribution in [2.75, 3.05) is 11.9 Å². The van der Waals surface area contributed by atoms with Gasteiger partial charge in [-0.05, 0) is 48.5 Å². The van der Waals surface area contributed by atoms with Crippen LogP contribution in [0, 0.1) is 17.8 Å². The molecular formula is C18H29N3O4S. The minimum atomic E-state index is -0.930. The molecule has 4 rings (SSSR count). The first-order valence-electron chi connectivity index (χ1n) is 9.90. The number of nitrogens with zero attached hydrogens (tertiary/aromatic N) is 1. The van der Waals surface area contributed by atoms with Gasteiger partial charge in [0.2, 0.25) is 5.13 Å². The van der Waals surface area contributed by atoms with Crippen molar-refractivity contribution in [3.63, 3.8) is 0 Å². The second-order valence-corrected chi connectivity index (χ2v) is 9.06. The Balaban J connectivity index is 1.28. The molecule has 4 N–H and O–H groups in total. The molecule has 3 fully saturated rings. The number of aromatic nitrogens is 2. The molecule has 2 saturated carbocycles. The highest BCUT2D eigenvalue weighted by molar-refractivity contribution is 7.09. The average Bonchev–Trinajstić information content (AvgIpc) is 3.01. The van der Waals surface area contributed by atoms with Crippen molar-refractivity contribution < 1.29 is 14.9 Å². The zero-order chi connectivity index (χ0) is 18.1. The number of aliphatic hydroxyl groups excluding tert-OH is 2. The summed E-state index contributed by atoms with van der Waals surface area (Å²) < 4.78 is 8.45. The summed E-state index contributed by atoms with van der Waals surface area (Å²) in [4.78, 5) is 14.9. The minimum Gasteiger partial charge on any atom is -0.388 e. The molecule has 0 aromatic carbocycles. The highest BCUT2D eigenvalue weighted by Gasteiger charge is 2.43. The topological polar surface area (TPSA) is 107 Å². The molecule has 4 atom stereocenters. The summed E-state index contributed by atoms with van der Waals surface area (Å²) in [5, 5.41) is 24.5. The van der Waals surface area contributed by atoms with E-state index in [1.165, 1.54) is 38.5 Å². The second kappa shape index (κ2) is 7.96. The number of hydrogen-bond donors (Lipinski definition) is 4. The van der Waals surface area contributed by atoms with E-state index in [2.05, 4.69) is 14.7 Å². The van der Waals surface area contributed by atoms with Crippen molar-refractivity contribution >= 4 is 16.7 Å². The third-order valence-corrected chi connectivity index (χ3v) is 7.24. The molecular weight excluding hydrogens is 354 g/mol. The molecule has 0 unspecified atom stereocenters. The summed E-state index contributed by atoms with van der Waals surface area (Å²) in [6.45, 7) is 0.304. The van der Waals surface area contributed by atoms with Crippen molar-refractivity contribution in [2.45, 2.75) is 75.7 Å². The maximum absolute atomic E-state index is 11.1. The van der Waals surface area contributed by atoms with E-state index in [0.717, 1.165) is 36.2 Å². The van der Waals surface area contributed by atoms with Crippen LogP contribution in [0.3, 0.4) is 0 Å². The fraction of sp³-hybridized carbons (Fsp3) is 0.889. The standard InChI is InChI=1S/C18H29N3O4S/c22-14-13(19-18-20-17(24)21-26-18)9-25-16(15(14)23)12-6-4-11(5-7-12)8-10-2-1-3-10/h10-16,22-23H,1-9H2,(H2,19,20,21,24)/t11?,12?,13-,14+,15+,16+/m0/s1. The Morgan fingerprint density at radius 2 is 1.85 bits per heavy atom. The van der Waals surface area contributed by atoms with Gasteiger partial charge in [0.1, 0.15) is 12.2 Å². The summed E-state index contributed by atoms with van der Waals surface area (Å²) in [7, 11) is 0. The molecule has 7 nitrogen and oxygen atoms in total. The van der Waals surface area contributed by atoms with E-state index in [0.29, 0.717) is 17.7 Å². The van der Waals surface area contributed by atoms with E-state index >= 15 is 0 Å². The molecule has 0 amide bonds. The first kappa shape index (κ1) is 18.4. The fourth-order valence-corrected chi connectivity index (χ4v) is 5.36. The molecule has 0 radical (unpaired) electrons. The largest absolute Gasteiger partial charge is 0.388 e. The maximum atomic E-state index is 11.1. The van der Waals surface area contributed by atoms with Gasteiger partial charge in [-0.2, -0.15) is 4.98 Å². The lowest BCUT2D eigenvalue weighted by Gasteiger charge is -2.43. The van der Waals surface area contributed by atoms with Crippen LogP contribution in [0.5, 0.6) is 0 Å². The highest BCUT2D eigenvalue weighted by Crippen LogP contribution is 2.41. The zero-order valence-electron chi connectivity index (χ0n) is 15.0. The molecule has 2 aliphatic carbocycles. The number of H-pyrrole nitrogens is 1. The number of rotatable bonds is 5. The van der Waals surface area contributed by atoms with Gasteiger partial charge in [0.05, 0.1) is 18.8 Å². The number of aliphatic hydroxyl groups is 2. The van der Waals surface area contributed by atoms with Crippen molar-refractivity contribution in [1.82, 2.24) is 9.36 Å². The lowest BCUT2D eigenvalue weighted by molar-refractivity contribution is -0.163. The van der Waals surface area contributed by atoms with Crippen LogP contribution in [-0.2, 0) is 4.74 Å². The second-order valence-electron chi connectivity index (χ2n) is 8.27. The number of aromatic amines is 1. The predicted molar refractivity (Wildman–Crippen MR) is 99.3 cm³/mol. The average molecular weight is 384 g/mol. The number of ether oxygens (including phenoxy) is 1. The zero-order valence-corrected chi connectivity index (χ0v) is 15.8. The molecule has 26 heavy (non-hydrogen) atoms. The Morgan fingerprint density at radius 1 is 1.12 bits per heavy atom. The highest BCUT2D eigenvalue weighted by atomic mass is 32.1. The molecule has 1 saturated heterocycles. The van der Waals surface area contributed by atoms with Crippen LogP contribution in [0.25, 0.3) is 0 Å². The maximum Gasteiger partial charge on any atom is 0.357 e. The SMILES string of the molecule is O=c1nc(N[C@H]2CO[C@H](C3CCC(CC4CCC4)CC3)[C@H](O)[C@@H]2O)s[nH]1. The fourth-order valence-electron chi connectivity index (χ4n) is 4.79. The molecule has 146 valence electrons. The smallest absolute Gasteiger partial charge is 0.357 e. The first-order chi connectivity index (χ1) is 12.6. The van der Waals surface area contributed by atoms with Crippen molar-refractivity contribution in [3.8, 4) is 0 Å². The van der Waals surface area contributed by atoms with Crippen LogP contribution in [-0.4, -0.2) is 50.5 Å². The van der Waals surface area contributed by atoms with Crippen LogP contribution >= 0.6 is 11.5 Å². The van der Waals surface area contributed by atoms with Gasteiger partial charge in [-0.15, -0.1) is 0 Å². The van der Waals surface area contributed by atoms with E-state index in [9.17, 15) is 15.0 Å². The summed E-state index contributed by atoms with van der Waals surface area (Å²) >= 11 is 1.08. The van der Waals surface area contributed by atoms with E-state index < -0.39 is 23.9 Å². The Kier molecular flexibility index (Phi) is 5.63. The Bertz CT molecular complexity index is 638. The predicted octanol–water partition coefficient (Wildman–Crippen LogP) is 1.73. The summed E-state index contributed by atoms with van der Waals surface area (Å²) in [6.07, 6.45) is 8.05. The van der Waals surface area contributed by atoms with Crippen LogP contribution in [0.15, 0.2) is 4.79 Å². The van der Waals surface area contributed by atoms with E-state index in [1.54, 1.807) is 0 Å². The molecule has 3 aliphatic rings. The molecule has 0 bridgehead atoms. The van der Waals surface area contributed by atoms with E-state index in [4.69, 9.17) is 4.74 Å². The number of hydrogen-bond acceptors (Lipinski definition) is 7. The van der Waals surface area contributed by atoms with Crippen LogP contribution in [0.2, 0.25) is 0 Å². The van der Waals surface area contributed by atoms with Gasteiger partial charge in [0.15, 0.2) is 0 Å². The number of nitrogens with one attached hydrogen (secondary N) is 2. The lowest BCUT2D eigenvalue weighted by atomic mass is 9.71. The Labute approximate surface area is 157 Å². The van der Waals surface area contributed by atoms with Crippen molar-refractivity contribution in [3.05, 3.63) is 10.5 Å². The van der Waals surface area contributed by atoms with Gasteiger partial charge in [-0.25, -0.2) is 4.79 Å². The normalized spacial score (nSPS) is 38.7. The van der Waals surface area contributed by atoms with Gasteiger partial charge in [-0.1, -0.05) is 32.1 Å². The molecule has 1 aliphatic heterocycles. The van der Waals surface area contributed by atoms with Crippen LogP contribution in [0.1, 0.15) is 51.4 Å². The molecule has 2 heterocycles. The van der Waals surface area contributed by atoms with Gasteiger partial charge >= 0.3 is 5.69 Å². The van der Waals surface area contributed by atoms with Gasteiger partial charge in [0, 0.05) is 0 Å². The molecule has 1 aromatic rings. The summed E-state index contributed by atoms with van der Waals surface area (Å²) in [5.41, 5.74) is -0.416. The third-order valence-electron chi connectivity index (χ3n) is 6.56. The van der Waals surface area contributed by atoms with Gasteiger partial charge < -0.3 is 20.3 Å². The van der Waals surface area contributed by atoms with Crippen molar-refractivity contribution in [2.24, 2.45) is 17.8 Å². The van der Waals surface area contributed by atoms with Crippen LogP contribution in [0.4, 0.5) is 5.13 Å². The van der Waals surface area contributed by atoms with Crippen LogP contribution < -0.4 is 11.0 Å². The summed E-state index contributed by atoms with van der Waals surface area (Å²) in [6, 6.07) is -0.463. The summed E-state index contributed by atoms with van der Waals surface area (Å²) in [5.74, 6) is 2.11. The minimum absolute atomic E-state index is 0.300. The first-order valence-corrected chi connectivity index (χ1v) is 10.7. The quantitative estimate of drug-likeness (QED) is 0.617. The third kappa shape index (κ3) is 3.98. The number of anilines is 1.